The molecule has 0 radical (unpaired) electrons. The van der Waals surface area contributed by atoms with Crippen molar-refractivity contribution in [2.24, 2.45) is 11.8 Å². The van der Waals surface area contributed by atoms with E-state index in [1.807, 2.05) is 54.8 Å². The Morgan fingerprint density at radius 2 is 1.34 bits per heavy atom. The second-order valence-electron chi connectivity index (χ2n) is 7.93. The molecule has 2 bridgehead atoms. The van der Waals surface area contributed by atoms with Crippen LogP contribution in [0.25, 0.3) is 0 Å². The molecule has 1 aliphatic heterocycles. The van der Waals surface area contributed by atoms with Gasteiger partial charge in [0.15, 0.2) is 0 Å². The molecule has 148 valence electrons. The predicted molar refractivity (Wildman–Crippen MR) is 107 cm³/mol. The number of hydrogen-bond donors (Lipinski definition) is 0. The summed E-state index contributed by atoms with van der Waals surface area (Å²) in [4.78, 5) is 39.8. The van der Waals surface area contributed by atoms with Gasteiger partial charge < -0.3 is 9.90 Å². The molecule has 0 N–H and O–H groups in total. The molecule has 3 aliphatic carbocycles. The lowest BCUT2D eigenvalue weighted by atomic mass is 9.55. The van der Waals surface area contributed by atoms with Gasteiger partial charge in [-0.05, 0) is 40.7 Å². The summed E-state index contributed by atoms with van der Waals surface area (Å²) in [6.45, 7) is 0. The topological polar surface area (TPSA) is 77.5 Å². The number of benzene rings is 2. The second kappa shape index (κ2) is 6.73. The Labute approximate surface area is 173 Å². The van der Waals surface area contributed by atoms with Crippen molar-refractivity contribution in [3.63, 3.8) is 0 Å². The van der Waals surface area contributed by atoms with Gasteiger partial charge >= 0.3 is 0 Å². The van der Waals surface area contributed by atoms with Crippen LogP contribution < -0.4 is 5.11 Å². The normalized spacial score (nSPS) is 27.4. The standard InChI is InChI=1S/C23H21NO4S/c1-29-11-10-16(23(27)28)24-21(25)19-17-12-6-2-3-7-13(12)18(20(19)22(24)26)15-9-5-4-8-14(15)17/h2-9,16-20H,10-11H2,1H3,(H,27,28)/p-1/t16-,17?,18?,19+,20+/m1/s1. The molecule has 1 heterocycles. The molecule has 2 amide bonds. The monoisotopic (exact) mass is 406 g/mol. The van der Waals surface area contributed by atoms with Gasteiger partial charge in [-0.2, -0.15) is 11.8 Å². The first-order valence-corrected chi connectivity index (χ1v) is 11.2. The van der Waals surface area contributed by atoms with Gasteiger partial charge in [0, 0.05) is 11.8 Å². The lowest BCUT2D eigenvalue weighted by molar-refractivity contribution is -0.311. The van der Waals surface area contributed by atoms with Crippen LogP contribution >= 0.6 is 11.8 Å². The number of amides is 2. The van der Waals surface area contributed by atoms with Crippen LogP contribution in [0.2, 0.25) is 0 Å². The number of thioether (sulfide) groups is 1. The minimum absolute atomic E-state index is 0.204. The van der Waals surface area contributed by atoms with E-state index >= 15 is 0 Å². The molecule has 0 spiro atoms. The van der Waals surface area contributed by atoms with Crippen LogP contribution in [0.5, 0.6) is 0 Å². The smallest absolute Gasteiger partial charge is 0.234 e. The molecule has 3 atom stereocenters. The van der Waals surface area contributed by atoms with E-state index in [1.54, 1.807) is 0 Å². The fraction of sp³-hybridized carbons (Fsp3) is 0.348. The number of carboxylic acid groups (broad SMARTS) is 1. The van der Waals surface area contributed by atoms with Gasteiger partial charge in [-0.3, -0.25) is 14.5 Å². The highest BCUT2D eigenvalue weighted by atomic mass is 32.2. The Morgan fingerprint density at radius 3 is 1.69 bits per heavy atom. The van der Waals surface area contributed by atoms with Crippen LogP contribution in [0.1, 0.15) is 40.5 Å². The van der Waals surface area contributed by atoms with E-state index in [9.17, 15) is 19.5 Å². The molecule has 0 saturated carbocycles. The van der Waals surface area contributed by atoms with Crippen molar-refractivity contribution in [2.75, 3.05) is 12.0 Å². The third kappa shape index (κ3) is 2.45. The minimum atomic E-state index is -1.36. The molecule has 29 heavy (non-hydrogen) atoms. The molecule has 4 aliphatic rings. The summed E-state index contributed by atoms with van der Waals surface area (Å²) in [5.74, 6) is -3.09. The summed E-state index contributed by atoms with van der Waals surface area (Å²) >= 11 is 1.49. The maximum atomic E-state index is 13.5. The van der Waals surface area contributed by atoms with Crippen molar-refractivity contribution in [1.29, 1.82) is 0 Å². The van der Waals surface area contributed by atoms with Crippen molar-refractivity contribution in [3.8, 4) is 0 Å². The first-order chi connectivity index (χ1) is 14.1. The number of imide groups is 1. The molecule has 2 aromatic rings. The zero-order chi connectivity index (χ0) is 20.3. The van der Waals surface area contributed by atoms with E-state index in [0.29, 0.717) is 5.75 Å². The highest BCUT2D eigenvalue weighted by molar-refractivity contribution is 7.98. The quantitative estimate of drug-likeness (QED) is 0.707. The van der Waals surface area contributed by atoms with Crippen LogP contribution in [0.4, 0.5) is 0 Å². The van der Waals surface area contributed by atoms with Crippen LogP contribution in [0.15, 0.2) is 48.5 Å². The predicted octanol–water partition coefficient (Wildman–Crippen LogP) is 1.75. The average molecular weight is 406 g/mol. The third-order valence-electron chi connectivity index (χ3n) is 6.66. The maximum absolute atomic E-state index is 13.5. The van der Waals surface area contributed by atoms with Gasteiger partial charge in [0.05, 0.1) is 23.8 Å². The number of nitrogens with zero attached hydrogens (tertiary/aromatic N) is 1. The first kappa shape index (κ1) is 18.4. The number of carbonyl (C=O) groups excluding carboxylic acids is 3. The highest BCUT2D eigenvalue weighted by Crippen LogP contribution is 2.61. The summed E-state index contributed by atoms with van der Waals surface area (Å²) in [7, 11) is 0. The van der Waals surface area contributed by atoms with Crippen molar-refractivity contribution < 1.29 is 19.5 Å². The summed E-state index contributed by atoms with van der Waals surface area (Å²) in [5.41, 5.74) is 4.31. The lowest BCUT2D eigenvalue weighted by Crippen LogP contribution is -2.51. The molecule has 1 saturated heterocycles. The molecule has 0 unspecified atom stereocenters. The van der Waals surface area contributed by atoms with Crippen LogP contribution in [0.3, 0.4) is 0 Å². The van der Waals surface area contributed by atoms with Crippen molar-refractivity contribution >= 4 is 29.5 Å². The first-order valence-electron chi connectivity index (χ1n) is 9.80. The summed E-state index contributed by atoms with van der Waals surface area (Å²) in [5, 5.41) is 11.8. The summed E-state index contributed by atoms with van der Waals surface area (Å²) in [6.07, 6.45) is 2.07. The van der Waals surface area contributed by atoms with Crippen LogP contribution in [-0.4, -0.2) is 40.7 Å². The van der Waals surface area contributed by atoms with Gasteiger partial charge in [0.2, 0.25) is 11.8 Å². The summed E-state index contributed by atoms with van der Waals surface area (Å²) < 4.78 is 0. The SMILES string of the molecule is CSCC[C@H](C(=O)[O-])N1C(=O)[C@H]2C3c4ccccc4C(c4ccccc43)[C@@H]2C1=O. The van der Waals surface area contributed by atoms with Gasteiger partial charge in [0.25, 0.3) is 0 Å². The van der Waals surface area contributed by atoms with Gasteiger partial charge in [-0.25, -0.2) is 0 Å². The maximum Gasteiger partial charge on any atom is 0.234 e. The molecular weight excluding hydrogens is 386 g/mol. The molecule has 1 fully saturated rings. The van der Waals surface area contributed by atoms with Crippen molar-refractivity contribution in [1.82, 2.24) is 4.90 Å². The molecule has 0 aromatic heterocycles. The van der Waals surface area contributed by atoms with Gasteiger partial charge in [-0.1, -0.05) is 48.5 Å². The number of likely N-dealkylation sites (tertiary alicyclic amines) is 1. The third-order valence-corrected chi connectivity index (χ3v) is 7.31. The van der Waals surface area contributed by atoms with E-state index in [1.165, 1.54) is 11.8 Å². The Hall–Kier alpha value is -2.60. The number of carboxylic acids is 1. The molecule has 6 rings (SSSR count). The average Bonchev–Trinajstić information content (AvgIpc) is 3.00. The van der Waals surface area contributed by atoms with Gasteiger partial charge in [0.1, 0.15) is 0 Å². The molecule has 6 heteroatoms. The highest BCUT2D eigenvalue weighted by Gasteiger charge is 2.62. The fourth-order valence-corrected chi connectivity index (χ4v) is 6.05. The Balaban J connectivity index is 1.65. The molecule has 5 nitrogen and oxygen atoms in total. The van der Waals surface area contributed by atoms with Crippen molar-refractivity contribution in [3.05, 3.63) is 70.8 Å². The molecule has 2 aromatic carbocycles. The van der Waals surface area contributed by atoms with Gasteiger partial charge in [-0.15, -0.1) is 0 Å². The van der Waals surface area contributed by atoms with Crippen LogP contribution in [-0.2, 0) is 14.4 Å². The lowest BCUT2D eigenvalue weighted by Gasteiger charge is -2.45. The Bertz CT molecular complexity index is 920. The summed E-state index contributed by atoms with van der Waals surface area (Å²) in [6, 6.07) is 14.7. The van der Waals surface area contributed by atoms with E-state index in [-0.39, 0.29) is 30.1 Å². The molecular formula is C23H20NO4S-. The largest absolute Gasteiger partial charge is 0.548 e. The number of carbonyl (C=O) groups is 3. The number of rotatable bonds is 5. The zero-order valence-corrected chi connectivity index (χ0v) is 16.7. The van der Waals surface area contributed by atoms with E-state index < -0.39 is 23.8 Å². The fourth-order valence-electron chi connectivity index (χ4n) is 5.59. The van der Waals surface area contributed by atoms with E-state index in [2.05, 4.69) is 0 Å². The van der Waals surface area contributed by atoms with Crippen LogP contribution in [0, 0.1) is 11.8 Å². The van der Waals surface area contributed by atoms with E-state index in [0.717, 1.165) is 27.2 Å². The van der Waals surface area contributed by atoms with Crippen molar-refractivity contribution in [2.45, 2.75) is 24.3 Å². The number of aliphatic carboxylic acids is 1. The van der Waals surface area contributed by atoms with E-state index in [4.69, 9.17) is 0 Å². The zero-order valence-electron chi connectivity index (χ0n) is 15.9. The minimum Gasteiger partial charge on any atom is -0.548 e. The Morgan fingerprint density at radius 1 is 0.931 bits per heavy atom. The second-order valence-corrected chi connectivity index (χ2v) is 8.91. The Kier molecular flexibility index (Phi) is 4.28. The number of hydrogen-bond acceptors (Lipinski definition) is 5.